The predicted octanol–water partition coefficient (Wildman–Crippen LogP) is 0.886. The predicted molar refractivity (Wildman–Crippen MR) is 34.0 cm³/mol. The van der Waals surface area contributed by atoms with Crippen LogP contribution in [0.3, 0.4) is 0 Å². The Morgan fingerprint density at radius 2 is 2.56 bits per heavy atom. The van der Waals surface area contributed by atoms with Crippen LogP contribution in [0, 0.1) is 6.20 Å². The van der Waals surface area contributed by atoms with Crippen molar-refractivity contribution in [2.75, 3.05) is 0 Å². The molecule has 0 saturated heterocycles. The lowest BCUT2D eigenvalue weighted by Gasteiger charge is -1.77. The molecule has 0 aliphatic heterocycles. The lowest BCUT2D eigenvalue weighted by atomic mass is 10.5. The zero-order valence-corrected chi connectivity index (χ0v) is 5.22. The molecule has 1 radical (unpaired) electrons. The first-order valence-electron chi connectivity index (χ1n) is 2.39. The van der Waals surface area contributed by atoms with Crippen molar-refractivity contribution in [1.29, 1.82) is 0 Å². The van der Waals surface area contributed by atoms with Gasteiger partial charge in [-0.1, -0.05) is 0 Å². The minimum atomic E-state index is 0.870. The fourth-order valence-corrected chi connectivity index (χ4v) is 1.18. The average Bonchev–Trinajstić information content (AvgIpc) is 2.33. The molecule has 2 heterocycles. The van der Waals surface area contributed by atoms with Crippen LogP contribution in [0.5, 0.6) is 0 Å². The van der Waals surface area contributed by atoms with Crippen molar-refractivity contribution in [2.24, 2.45) is 0 Å². The standard InChI is InChI=1S/C5H2N3S/c1-4-5(2-8-7-1)9-3-6-4/h1,3H. The van der Waals surface area contributed by atoms with E-state index in [9.17, 15) is 0 Å². The molecule has 0 N–H and O–H groups in total. The van der Waals surface area contributed by atoms with Crippen molar-refractivity contribution < 1.29 is 0 Å². The van der Waals surface area contributed by atoms with Crippen molar-refractivity contribution in [3.63, 3.8) is 0 Å². The van der Waals surface area contributed by atoms with E-state index in [1.165, 1.54) is 11.3 Å². The molecule has 0 aliphatic carbocycles. The normalized spacial score (nSPS) is 10.2. The Bertz CT molecular complexity index is 286. The van der Waals surface area contributed by atoms with Crippen LogP contribution in [0.1, 0.15) is 0 Å². The molecular formula is C5H2N3S. The maximum Gasteiger partial charge on any atom is 0.134 e. The van der Waals surface area contributed by atoms with Gasteiger partial charge in [0.2, 0.25) is 0 Å². The fourth-order valence-electron chi connectivity index (χ4n) is 0.588. The fraction of sp³-hybridized carbons (Fsp3) is 0. The quantitative estimate of drug-likeness (QED) is 0.539. The third-order valence-electron chi connectivity index (χ3n) is 0.984. The van der Waals surface area contributed by atoms with E-state index in [4.69, 9.17) is 0 Å². The van der Waals surface area contributed by atoms with Crippen molar-refractivity contribution in [3.05, 3.63) is 17.9 Å². The molecule has 0 unspecified atom stereocenters. The van der Waals surface area contributed by atoms with Gasteiger partial charge >= 0.3 is 0 Å². The molecular weight excluding hydrogens is 134 g/mol. The minimum absolute atomic E-state index is 0.870. The summed E-state index contributed by atoms with van der Waals surface area (Å²) in [6, 6.07) is 0. The van der Waals surface area contributed by atoms with Gasteiger partial charge in [-0.25, -0.2) is 4.98 Å². The van der Waals surface area contributed by atoms with Crippen LogP contribution in [0.15, 0.2) is 11.7 Å². The van der Waals surface area contributed by atoms with Gasteiger partial charge in [-0.3, -0.25) is 0 Å². The lowest BCUT2D eigenvalue weighted by molar-refractivity contribution is 1.04. The maximum atomic E-state index is 4.00. The lowest BCUT2D eigenvalue weighted by Crippen LogP contribution is -1.76. The maximum absolute atomic E-state index is 4.00. The van der Waals surface area contributed by atoms with Gasteiger partial charge in [0.25, 0.3) is 0 Å². The summed E-state index contributed by atoms with van der Waals surface area (Å²) in [4.78, 5) is 4.00. The highest BCUT2D eigenvalue weighted by Gasteiger charge is 1.92. The third kappa shape index (κ3) is 0.675. The first kappa shape index (κ1) is 4.81. The summed E-state index contributed by atoms with van der Waals surface area (Å²) >= 11 is 1.52. The Labute approximate surface area is 55.4 Å². The molecule has 0 spiro atoms. The first-order valence-corrected chi connectivity index (χ1v) is 3.27. The molecule has 43 valence electrons. The van der Waals surface area contributed by atoms with Gasteiger partial charge in [-0.2, -0.15) is 5.10 Å². The summed E-state index contributed by atoms with van der Waals surface area (Å²) in [5, 5.41) is 7.20. The van der Waals surface area contributed by atoms with Crippen LogP contribution < -0.4 is 0 Å². The van der Waals surface area contributed by atoms with Crippen LogP contribution in [0.4, 0.5) is 0 Å². The molecule has 2 rings (SSSR count). The topological polar surface area (TPSA) is 38.7 Å². The number of fused-ring (bicyclic) bond motifs is 1. The molecule has 2 aromatic heterocycles. The van der Waals surface area contributed by atoms with Crippen molar-refractivity contribution in [2.45, 2.75) is 0 Å². The van der Waals surface area contributed by atoms with Crippen LogP contribution in [0.25, 0.3) is 10.2 Å². The third-order valence-corrected chi connectivity index (χ3v) is 1.73. The molecule has 0 amide bonds. The zero-order chi connectivity index (χ0) is 6.10. The number of thiazole rings is 1. The van der Waals surface area contributed by atoms with Crippen molar-refractivity contribution in [3.8, 4) is 0 Å². The van der Waals surface area contributed by atoms with E-state index in [-0.39, 0.29) is 0 Å². The van der Waals surface area contributed by atoms with E-state index in [1.54, 1.807) is 11.7 Å². The minimum Gasteiger partial charge on any atom is -0.243 e. The number of rotatable bonds is 0. The Balaban J connectivity index is 2.95. The molecule has 3 nitrogen and oxygen atoms in total. The summed E-state index contributed by atoms with van der Waals surface area (Å²) in [6.07, 6.45) is 4.35. The Hall–Kier alpha value is -1.03. The van der Waals surface area contributed by atoms with E-state index in [2.05, 4.69) is 21.4 Å². The van der Waals surface area contributed by atoms with Crippen LogP contribution in [-0.2, 0) is 0 Å². The Morgan fingerprint density at radius 3 is 3.44 bits per heavy atom. The van der Waals surface area contributed by atoms with Gasteiger partial charge in [0.1, 0.15) is 11.7 Å². The highest BCUT2D eigenvalue weighted by Crippen LogP contribution is 2.12. The molecule has 0 bridgehead atoms. The van der Waals surface area contributed by atoms with E-state index >= 15 is 0 Å². The molecule has 0 atom stereocenters. The summed E-state index contributed by atoms with van der Waals surface area (Å²) in [5.74, 6) is 0. The van der Waals surface area contributed by atoms with Gasteiger partial charge in [-0.05, 0) is 0 Å². The summed E-state index contributed by atoms with van der Waals surface area (Å²) in [6.45, 7) is 0. The van der Waals surface area contributed by atoms with Gasteiger partial charge in [0.15, 0.2) is 0 Å². The first-order chi connectivity index (χ1) is 4.47. The van der Waals surface area contributed by atoms with E-state index < -0.39 is 0 Å². The molecule has 0 aromatic carbocycles. The molecule has 2 aromatic rings. The summed E-state index contributed by atoms with van der Waals surface area (Å²) in [7, 11) is 0. The molecule has 9 heavy (non-hydrogen) atoms. The monoisotopic (exact) mass is 136 g/mol. The Morgan fingerprint density at radius 1 is 1.56 bits per heavy atom. The van der Waals surface area contributed by atoms with Gasteiger partial charge in [0.05, 0.1) is 16.4 Å². The molecule has 0 saturated carbocycles. The second-order valence-electron chi connectivity index (χ2n) is 1.52. The molecule has 0 fully saturated rings. The zero-order valence-electron chi connectivity index (χ0n) is 4.40. The number of hydrogen-bond donors (Lipinski definition) is 0. The number of hydrogen-bond acceptors (Lipinski definition) is 4. The molecule has 0 aliphatic rings. The van der Waals surface area contributed by atoms with Crippen molar-refractivity contribution in [1.82, 2.24) is 15.2 Å². The van der Waals surface area contributed by atoms with Gasteiger partial charge in [0, 0.05) is 0 Å². The van der Waals surface area contributed by atoms with E-state index in [1.807, 2.05) is 0 Å². The second kappa shape index (κ2) is 1.73. The smallest absolute Gasteiger partial charge is 0.134 e. The second-order valence-corrected chi connectivity index (χ2v) is 2.38. The highest BCUT2D eigenvalue weighted by atomic mass is 32.1. The Kier molecular flexibility index (Phi) is 0.927. The van der Waals surface area contributed by atoms with Gasteiger partial charge < -0.3 is 0 Å². The SMILES string of the molecule is [c]1nncc2ncsc12. The number of aromatic nitrogens is 3. The van der Waals surface area contributed by atoms with Crippen LogP contribution in [-0.4, -0.2) is 15.2 Å². The highest BCUT2D eigenvalue weighted by molar-refractivity contribution is 7.16. The molecule has 4 heteroatoms. The number of nitrogens with zero attached hydrogens (tertiary/aromatic N) is 3. The van der Waals surface area contributed by atoms with Crippen LogP contribution >= 0.6 is 11.3 Å². The van der Waals surface area contributed by atoms with E-state index in [0.717, 1.165) is 10.2 Å². The summed E-state index contributed by atoms with van der Waals surface area (Å²) in [5.41, 5.74) is 2.62. The average molecular weight is 136 g/mol. The van der Waals surface area contributed by atoms with Crippen molar-refractivity contribution >= 4 is 21.6 Å². The summed E-state index contributed by atoms with van der Waals surface area (Å²) < 4.78 is 0.963. The van der Waals surface area contributed by atoms with Gasteiger partial charge in [-0.15, -0.1) is 16.4 Å². The van der Waals surface area contributed by atoms with Crippen LogP contribution in [0.2, 0.25) is 0 Å². The van der Waals surface area contributed by atoms with E-state index in [0.29, 0.717) is 0 Å². The largest absolute Gasteiger partial charge is 0.243 e.